The summed E-state index contributed by atoms with van der Waals surface area (Å²) in [6.07, 6.45) is 4.67. The van der Waals surface area contributed by atoms with E-state index in [1.807, 2.05) is 26.2 Å². The molecule has 1 aliphatic carbocycles. The van der Waals surface area contributed by atoms with E-state index in [4.69, 9.17) is 0 Å². The van der Waals surface area contributed by atoms with Gasteiger partial charge in [-0.2, -0.15) is 0 Å². The van der Waals surface area contributed by atoms with Crippen LogP contribution in [0.2, 0.25) is 0 Å². The maximum Gasteiger partial charge on any atom is 0.157 e. The van der Waals surface area contributed by atoms with E-state index in [1.165, 1.54) is 0 Å². The highest BCUT2D eigenvalue weighted by Gasteiger charge is 2.42. The molecule has 1 aromatic rings. The number of aromatic hydroxyl groups is 1. The number of nitrogens with zero attached hydrogens (tertiary/aromatic N) is 1. The molecular formula is C15H21NO2. The van der Waals surface area contributed by atoms with Gasteiger partial charge in [-0.3, -0.25) is 9.69 Å². The largest absolute Gasteiger partial charge is 0.508 e. The van der Waals surface area contributed by atoms with Gasteiger partial charge in [-0.25, -0.2) is 0 Å². The molecule has 98 valence electrons. The average molecular weight is 247 g/mol. The topological polar surface area (TPSA) is 40.5 Å². The summed E-state index contributed by atoms with van der Waals surface area (Å²) in [6.45, 7) is 0. The smallest absolute Gasteiger partial charge is 0.157 e. The minimum atomic E-state index is -0.266. The SMILES string of the molecule is CN(C)C1(C(=O)Cc2ccc(O)cc2)CCCC1. The Morgan fingerprint density at radius 2 is 1.78 bits per heavy atom. The molecule has 0 aliphatic heterocycles. The molecule has 1 N–H and O–H groups in total. The van der Waals surface area contributed by atoms with Crippen molar-refractivity contribution < 1.29 is 9.90 Å². The van der Waals surface area contributed by atoms with Crippen molar-refractivity contribution in [3.63, 3.8) is 0 Å². The molecule has 3 heteroatoms. The summed E-state index contributed by atoms with van der Waals surface area (Å²) >= 11 is 0. The van der Waals surface area contributed by atoms with Gasteiger partial charge in [0.2, 0.25) is 0 Å². The van der Waals surface area contributed by atoms with Crippen LogP contribution in [0.15, 0.2) is 24.3 Å². The maximum atomic E-state index is 12.6. The summed E-state index contributed by atoms with van der Waals surface area (Å²) in [6, 6.07) is 6.93. The zero-order valence-electron chi connectivity index (χ0n) is 11.1. The third-order valence-corrected chi connectivity index (χ3v) is 4.11. The van der Waals surface area contributed by atoms with Crippen LogP contribution in [0.25, 0.3) is 0 Å². The standard InChI is InChI=1S/C15H21NO2/c1-16(2)15(9-3-4-10-15)14(18)11-12-5-7-13(17)8-6-12/h5-8,17H,3-4,9-11H2,1-2H3. The van der Waals surface area contributed by atoms with Gasteiger partial charge in [-0.15, -0.1) is 0 Å². The number of carbonyl (C=O) groups excluding carboxylic acids is 1. The van der Waals surface area contributed by atoms with Gasteiger partial charge in [0.1, 0.15) is 5.75 Å². The van der Waals surface area contributed by atoms with Crippen LogP contribution >= 0.6 is 0 Å². The van der Waals surface area contributed by atoms with Gasteiger partial charge in [0.05, 0.1) is 5.54 Å². The Balaban J connectivity index is 2.13. The van der Waals surface area contributed by atoms with Crippen LogP contribution in [0.4, 0.5) is 0 Å². The number of likely N-dealkylation sites (N-methyl/N-ethyl adjacent to an activating group) is 1. The third kappa shape index (κ3) is 2.41. The maximum absolute atomic E-state index is 12.6. The summed E-state index contributed by atoms with van der Waals surface area (Å²) in [4.78, 5) is 14.6. The summed E-state index contributed by atoms with van der Waals surface area (Å²) in [5, 5.41) is 9.25. The van der Waals surface area contributed by atoms with Crippen LogP contribution in [0.3, 0.4) is 0 Å². The van der Waals surface area contributed by atoms with E-state index < -0.39 is 0 Å². The Kier molecular flexibility index (Phi) is 3.71. The fraction of sp³-hybridized carbons (Fsp3) is 0.533. The summed E-state index contributed by atoms with van der Waals surface area (Å²) in [5.41, 5.74) is 0.712. The normalized spacial score (nSPS) is 18.2. The van der Waals surface area contributed by atoms with Crippen molar-refractivity contribution in [2.45, 2.75) is 37.6 Å². The number of hydrogen-bond donors (Lipinski definition) is 1. The van der Waals surface area contributed by atoms with Crippen molar-refractivity contribution in [3.8, 4) is 5.75 Å². The van der Waals surface area contributed by atoms with Gasteiger partial charge < -0.3 is 5.11 Å². The van der Waals surface area contributed by atoms with Crippen LogP contribution in [-0.4, -0.2) is 35.4 Å². The fourth-order valence-electron chi connectivity index (χ4n) is 2.90. The molecule has 0 atom stereocenters. The van der Waals surface area contributed by atoms with E-state index >= 15 is 0 Å². The van der Waals surface area contributed by atoms with E-state index in [2.05, 4.69) is 4.90 Å². The monoisotopic (exact) mass is 247 g/mol. The van der Waals surface area contributed by atoms with Crippen molar-refractivity contribution in [2.75, 3.05) is 14.1 Å². The number of benzene rings is 1. The highest BCUT2D eigenvalue weighted by molar-refractivity contribution is 5.90. The van der Waals surface area contributed by atoms with Crippen molar-refractivity contribution in [2.24, 2.45) is 0 Å². The Hall–Kier alpha value is -1.35. The van der Waals surface area contributed by atoms with Crippen LogP contribution in [0.5, 0.6) is 5.75 Å². The first-order valence-electron chi connectivity index (χ1n) is 6.53. The molecule has 2 rings (SSSR count). The minimum absolute atomic E-state index is 0.245. The second-order valence-corrected chi connectivity index (χ2v) is 5.40. The second kappa shape index (κ2) is 5.11. The molecule has 0 saturated heterocycles. The van der Waals surface area contributed by atoms with E-state index in [1.54, 1.807) is 12.1 Å². The summed E-state index contributed by atoms with van der Waals surface area (Å²) in [5.74, 6) is 0.546. The first kappa shape index (κ1) is 13.1. The number of ketones is 1. The molecule has 1 saturated carbocycles. The van der Waals surface area contributed by atoms with Gasteiger partial charge in [0, 0.05) is 6.42 Å². The lowest BCUT2D eigenvalue weighted by atomic mass is 9.87. The van der Waals surface area contributed by atoms with Crippen molar-refractivity contribution in [1.82, 2.24) is 4.90 Å². The van der Waals surface area contributed by atoms with Gasteiger partial charge >= 0.3 is 0 Å². The Labute approximate surface area is 108 Å². The molecule has 0 aromatic heterocycles. The number of hydrogen-bond acceptors (Lipinski definition) is 3. The molecule has 1 aliphatic rings. The molecule has 0 heterocycles. The average Bonchev–Trinajstić information content (AvgIpc) is 2.82. The third-order valence-electron chi connectivity index (χ3n) is 4.11. The predicted octanol–water partition coefficient (Wildman–Crippen LogP) is 2.38. The molecule has 0 radical (unpaired) electrons. The van der Waals surface area contributed by atoms with Gasteiger partial charge in [0.15, 0.2) is 5.78 Å². The molecule has 0 spiro atoms. The van der Waals surface area contributed by atoms with E-state index in [9.17, 15) is 9.90 Å². The van der Waals surface area contributed by atoms with Crippen molar-refractivity contribution in [1.29, 1.82) is 0 Å². The molecule has 0 unspecified atom stereocenters. The van der Waals surface area contributed by atoms with E-state index in [-0.39, 0.29) is 11.3 Å². The number of phenolic OH excluding ortho intramolecular Hbond substituents is 1. The van der Waals surface area contributed by atoms with Crippen LogP contribution in [-0.2, 0) is 11.2 Å². The highest BCUT2D eigenvalue weighted by Crippen LogP contribution is 2.35. The Bertz CT molecular complexity index is 417. The molecular weight excluding hydrogens is 226 g/mol. The van der Waals surface area contributed by atoms with Gasteiger partial charge in [0.25, 0.3) is 0 Å². The lowest BCUT2D eigenvalue weighted by molar-refractivity contribution is -0.128. The lowest BCUT2D eigenvalue weighted by Crippen LogP contribution is -2.49. The zero-order valence-corrected chi connectivity index (χ0v) is 11.1. The zero-order chi connectivity index (χ0) is 13.2. The van der Waals surface area contributed by atoms with Crippen molar-refractivity contribution >= 4 is 5.78 Å². The summed E-state index contributed by atoms with van der Waals surface area (Å²) in [7, 11) is 4.00. The molecule has 1 fully saturated rings. The highest BCUT2D eigenvalue weighted by atomic mass is 16.3. The predicted molar refractivity (Wildman–Crippen MR) is 71.7 cm³/mol. The number of rotatable bonds is 4. The second-order valence-electron chi connectivity index (χ2n) is 5.40. The van der Waals surface area contributed by atoms with Crippen LogP contribution in [0.1, 0.15) is 31.2 Å². The molecule has 3 nitrogen and oxygen atoms in total. The quantitative estimate of drug-likeness (QED) is 0.888. The molecule has 0 bridgehead atoms. The summed E-state index contributed by atoms with van der Waals surface area (Å²) < 4.78 is 0. The first-order valence-corrected chi connectivity index (χ1v) is 6.53. The number of phenols is 1. The van der Waals surface area contributed by atoms with Gasteiger partial charge in [-0.1, -0.05) is 25.0 Å². The van der Waals surface area contributed by atoms with Crippen LogP contribution in [0, 0.1) is 0 Å². The van der Waals surface area contributed by atoms with Crippen LogP contribution < -0.4 is 0 Å². The number of Topliss-reactive ketones (excluding diaryl/α,β-unsaturated/α-hetero) is 1. The Morgan fingerprint density at radius 3 is 2.28 bits per heavy atom. The Morgan fingerprint density at radius 1 is 1.22 bits per heavy atom. The molecule has 1 aromatic carbocycles. The minimum Gasteiger partial charge on any atom is -0.508 e. The van der Waals surface area contributed by atoms with E-state index in [0.29, 0.717) is 12.2 Å². The van der Waals surface area contributed by atoms with Gasteiger partial charge in [-0.05, 0) is 44.6 Å². The van der Waals surface area contributed by atoms with Crippen molar-refractivity contribution in [3.05, 3.63) is 29.8 Å². The van der Waals surface area contributed by atoms with E-state index in [0.717, 1.165) is 31.2 Å². The first-order chi connectivity index (χ1) is 8.54. The molecule has 18 heavy (non-hydrogen) atoms. The fourth-order valence-corrected chi connectivity index (χ4v) is 2.90. The lowest BCUT2D eigenvalue weighted by Gasteiger charge is -2.34. The number of carbonyl (C=O) groups is 1. The molecule has 0 amide bonds.